The normalized spacial score (nSPS) is 11.6. The first kappa shape index (κ1) is 13.4. The van der Waals surface area contributed by atoms with Crippen molar-refractivity contribution in [2.45, 2.75) is 26.9 Å². The van der Waals surface area contributed by atoms with Gasteiger partial charge in [-0.3, -0.25) is 0 Å². The molecular weight excluding hydrogens is 316 g/mol. The Kier molecular flexibility index (Phi) is 3.61. The second kappa shape index (κ2) is 5.40. The van der Waals surface area contributed by atoms with Gasteiger partial charge in [0.2, 0.25) is 0 Å². The molecule has 0 amide bonds. The van der Waals surface area contributed by atoms with Gasteiger partial charge in [-0.1, -0.05) is 29.8 Å². The van der Waals surface area contributed by atoms with Crippen LogP contribution in [0.3, 0.4) is 0 Å². The lowest BCUT2D eigenvalue weighted by molar-refractivity contribution is 0.462. The Morgan fingerprint density at radius 2 is 2.10 bits per heavy atom. The van der Waals surface area contributed by atoms with E-state index in [9.17, 15) is 0 Å². The van der Waals surface area contributed by atoms with Gasteiger partial charge in [-0.05, 0) is 30.2 Å². The summed E-state index contributed by atoms with van der Waals surface area (Å²) in [6.07, 6.45) is 3.74. The highest BCUT2D eigenvalue weighted by Gasteiger charge is 2.09. The molecule has 2 aromatic heterocycles. The quantitative estimate of drug-likeness (QED) is 0.730. The molecule has 0 aliphatic carbocycles. The number of benzene rings is 1. The Balaban J connectivity index is 1.92. The lowest BCUT2D eigenvalue weighted by Crippen LogP contribution is -2.12. The zero-order valence-electron chi connectivity index (χ0n) is 11.6. The van der Waals surface area contributed by atoms with Crippen LogP contribution >= 0.6 is 15.9 Å². The minimum absolute atomic E-state index is 0.563. The Morgan fingerprint density at radius 3 is 2.90 bits per heavy atom. The minimum atomic E-state index is 0.563. The summed E-state index contributed by atoms with van der Waals surface area (Å²) in [6.45, 7) is 6.03. The third-order valence-electron chi connectivity index (χ3n) is 3.28. The highest BCUT2D eigenvalue weighted by atomic mass is 79.9. The molecule has 1 aromatic carbocycles. The van der Waals surface area contributed by atoms with Crippen molar-refractivity contribution in [1.29, 1.82) is 0 Å². The molecule has 3 rings (SSSR count). The third-order valence-corrected chi connectivity index (χ3v) is 3.77. The van der Waals surface area contributed by atoms with E-state index in [0.29, 0.717) is 5.92 Å². The van der Waals surface area contributed by atoms with Crippen molar-refractivity contribution in [3.63, 3.8) is 0 Å². The minimum Gasteiger partial charge on any atom is -0.340 e. The van der Waals surface area contributed by atoms with Crippen molar-refractivity contribution in [2.75, 3.05) is 0 Å². The Hall–Kier alpha value is -1.62. The molecule has 104 valence electrons. The summed E-state index contributed by atoms with van der Waals surface area (Å²) in [5.41, 5.74) is 1.22. The van der Waals surface area contributed by atoms with Crippen molar-refractivity contribution in [2.24, 2.45) is 5.92 Å². The standard InChI is InChI=1S/C15H17BrN4/c1-11(2)8-20-15(17-10-18-20)9-19-6-5-12-7-13(16)3-4-14(12)19/h3-7,10-11H,8-9H2,1-2H3. The highest BCUT2D eigenvalue weighted by molar-refractivity contribution is 9.10. The number of rotatable bonds is 4. The molecule has 0 N–H and O–H groups in total. The van der Waals surface area contributed by atoms with Gasteiger partial charge < -0.3 is 4.57 Å². The summed E-state index contributed by atoms with van der Waals surface area (Å²) in [5.74, 6) is 1.56. The molecule has 4 nitrogen and oxygen atoms in total. The first-order valence-electron chi connectivity index (χ1n) is 6.74. The van der Waals surface area contributed by atoms with Crippen LogP contribution in [0.25, 0.3) is 10.9 Å². The summed E-state index contributed by atoms with van der Waals surface area (Å²) in [6, 6.07) is 8.45. The summed E-state index contributed by atoms with van der Waals surface area (Å²) < 4.78 is 5.31. The van der Waals surface area contributed by atoms with E-state index in [0.717, 1.165) is 23.4 Å². The van der Waals surface area contributed by atoms with Crippen molar-refractivity contribution in [3.8, 4) is 0 Å². The number of hydrogen-bond acceptors (Lipinski definition) is 2. The lowest BCUT2D eigenvalue weighted by Gasteiger charge is -2.10. The second-order valence-electron chi connectivity index (χ2n) is 5.40. The maximum absolute atomic E-state index is 4.39. The summed E-state index contributed by atoms with van der Waals surface area (Å²) in [4.78, 5) is 4.39. The monoisotopic (exact) mass is 332 g/mol. The maximum atomic E-state index is 4.39. The largest absolute Gasteiger partial charge is 0.340 e. The molecule has 0 saturated heterocycles. The van der Waals surface area contributed by atoms with E-state index >= 15 is 0 Å². The molecular formula is C15H17BrN4. The van der Waals surface area contributed by atoms with Crippen LogP contribution in [0.15, 0.2) is 41.3 Å². The van der Waals surface area contributed by atoms with Crippen LogP contribution in [0.2, 0.25) is 0 Å². The van der Waals surface area contributed by atoms with Gasteiger partial charge in [0.15, 0.2) is 0 Å². The van der Waals surface area contributed by atoms with E-state index in [-0.39, 0.29) is 0 Å². The Morgan fingerprint density at radius 1 is 1.25 bits per heavy atom. The fourth-order valence-corrected chi connectivity index (χ4v) is 2.75. The smallest absolute Gasteiger partial charge is 0.146 e. The van der Waals surface area contributed by atoms with Gasteiger partial charge in [-0.2, -0.15) is 5.10 Å². The van der Waals surface area contributed by atoms with Crippen LogP contribution in [0.4, 0.5) is 0 Å². The summed E-state index contributed by atoms with van der Waals surface area (Å²) in [7, 11) is 0. The van der Waals surface area contributed by atoms with E-state index < -0.39 is 0 Å². The fourth-order valence-electron chi connectivity index (χ4n) is 2.37. The van der Waals surface area contributed by atoms with Crippen LogP contribution in [-0.2, 0) is 13.1 Å². The van der Waals surface area contributed by atoms with Gasteiger partial charge in [-0.15, -0.1) is 0 Å². The van der Waals surface area contributed by atoms with Crippen LogP contribution < -0.4 is 0 Å². The Bertz CT molecular complexity index is 726. The molecule has 0 spiro atoms. The number of nitrogens with zero attached hydrogens (tertiary/aromatic N) is 4. The van der Waals surface area contributed by atoms with E-state index in [2.05, 4.69) is 74.9 Å². The average Bonchev–Trinajstić information content (AvgIpc) is 2.97. The molecule has 0 aliphatic rings. The maximum Gasteiger partial charge on any atom is 0.146 e. The molecule has 0 unspecified atom stereocenters. The lowest BCUT2D eigenvalue weighted by atomic mass is 10.2. The van der Waals surface area contributed by atoms with E-state index in [1.54, 1.807) is 6.33 Å². The zero-order chi connectivity index (χ0) is 14.1. The molecule has 0 bridgehead atoms. The fraction of sp³-hybridized carbons (Fsp3) is 0.333. The molecule has 5 heteroatoms. The number of aromatic nitrogens is 4. The van der Waals surface area contributed by atoms with Crippen LogP contribution in [-0.4, -0.2) is 19.3 Å². The van der Waals surface area contributed by atoms with Crippen LogP contribution in [0, 0.1) is 5.92 Å². The number of halogens is 1. The predicted molar refractivity (Wildman–Crippen MR) is 83.6 cm³/mol. The van der Waals surface area contributed by atoms with Crippen LogP contribution in [0.1, 0.15) is 19.7 Å². The van der Waals surface area contributed by atoms with E-state index in [1.807, 2.05) is 4.68 Å². The first-order valence-corrected chi connectivity index (χ1v) is 7.54. The molecule has 0 atom stereocenters. The van der Waals surface area contributed by atoms with Crippen molar-refractivity contribution < 1.29 is 0 Å². The molecule has 20 heavy (non-hydrogen) atoms. The number of hydrogen-bond donors (Lipinski definition) is 0. The van der Waals surface area contributed by atoms with E-state index in [1.165, 1.54) is 10.9 Å². The average molecular weight is 333 g/mol. The van der Waals surface area contributed by atoms with Gasteiger partial charge in [0.25, 0.3) is 0 Å². The van der Waals surface area contributed by atoms with Gasteiger partial charge in [0.05, 0.1) is 6.54 Å². The molecule has 0 aliphatic heterocycles. The molecule has 3 aromatic rings. The highest BCUT2D eigenvalue weighted by Crippen LogP contribution is 2.21. The molecule has 0 saturated carbocycles. The van der Waals surface area contributed by atoms with Gasteiger partial charge >= 0.3 is 0 Å². The van der Waals surface area contributed by atoms with Crippen molar-refractivity contribution in [1.82, 2.24) is 19.3 Å². The molecule has 0 fully saturated rings. The Labute approximate surface area is 126 Å². The van der Waals surface area contributed by atoms with Crippen molar-refractivity contribution in [3.05, 3.63) is 47.1 Å². The topological polar surface area (TPSA) is 35.6 Å². The molecule has 0 radical (unpaired) electrons. The molecule has 2 heterocycles. The summed E-state index contributed by atoms with van der Waals surface area (Å²) in [5, 5.41) is 5.55. The van der Waals surface area contributed by atoms with Gasteiger partial charge in [-0.25, -0.2) is 9.67 Å². The first-order chi connectivity index (χ1) is 9.63. The number of fused-ring (bicyclic) bond motifs is 1. The third kappa shape index (κ3) is 2.63. The van der Waals surface area contributed by atoms with Crippen molar-refractivity contribution >= 4 is 26.8 Å². The van der Waals surface area contributed by atoms with Crippen LogP contribution in [0.5, 0.6) is 0 Å². The zero-order valence-corrected chi connectivity index (χ0v) is 13.2. The van der Waals surface area contributed by atoms with E-state index in [4.69, 9.17) is 0 Å². The van der Waals surface area contributed by atoms with Gasteiger partial charge in [0.1, 0.15) is 12.2 Å². The van der Waals surface area contributed by atoms with Gasteiger partial charge in [0, 0.05) is 28.1 Å². The second-order valence-corrected chi connectivity index (χ2v) is 6.31. The predicted octanol–water partition coefficient (Wildman–Crippen LogP) is 3.70. The SMILES string of the molecule is CC(C)Cn1ncnc1Cn1ccc2cc(Br)ccc21. The summed E-state index contributed by atoms with van der Waals surface area (Å²) >= 11 is 3.51.